The lowest BCUT2D eigenvalue weighted by Gasteiger charge is -2.28. The van der Waals surface area contributed by atoms with Crippen molar-refractivity contribution in [1.82, 2.24) is 5.32 Å². The molecule has 0 spiro atoms. The fraction of sp³-hybridized carbons (Fsp3) is 0.818. The van der Waals surface area contributed by atoms with Gasteiger partial charge in [-0.3, -0.25) is 9.59 Å². The summed E-state index contributed by atoms with van der Waals surface area (Å²) in [4.78, 5) is 21.8. The number of amides is 1. The fourth-order valence-corrected chi connectivity index (χ4v) is 2.10. The van der Waals surface area contributed by atoms with Crippen LogP contribution in [0.3, 0.4) is 0 Å². The summed E-state index contributed by atoms with van der Waals surface area (Å²) in [5.41, 5.74) is 0. The average Bonchev–Trinajstić information content (AvgIpc) is 2.30. The minimum Gasteiger partial charge on any atom is -0.469 e. The fourth-order valence-electron chi connectivity index (χ4n) is 2.10. The maximum atomic E-state index is 12.0. The number of hydrogen-bond donors (Lipinski definition) is 1. The van der Waals surface area contributed by atoms with Crippen molar-refractivity contribution in [1.29, 1.82) is 0 Å². The van der Waals surface area contributed by atoms with Gasteiger partial charge in [-0.05, 0) is 31.6 Å². The van der Waals surface area contributed by atoms with Crippen LogP contribution in [-0.2, 0) is 14.3 Å². The van der Waals surface area contributed by atoms with Gasteiger partial charge in [0.05, 0.1) is 7.11 Å². The van der Waals surface area contributed by atoms with Crippen LogP contribution in [0.25, 0.3) is 0 Å². The number of halogens is 3. The van der Waals surface area contributed by atoms with E-state index in [1.165, 1.54) is 7.11 Å². The third-order valence-electron chi connectivity index (χ3n) is 3.12. The van der Waals surface area contributed by atoms with Crippen LogP contribution in [0.1, 0.15) is 32.1 Å². The second kappa shape index (κ2) is 6.06. The molecule has 0 aromatic rings. The molecule has 0 bridgehead atoms. The van der Waals surface area contributed by atoms with Gasteiger partial charge in [-0.25, -0.2) is 0 Å². The van der Waals surface area contributed by atoms with Crippen LogP contribution >= 0.6 is 0 Å². The van der Waals surface area contributed by atoms with E-state index >= 15 is 0 Å². The topological polar surface area (TPSA) is 55.4 Å². The maximum absolute atomic E-state index is 12.0. The molecule has 0 heterocycles. The van der Waals surface area contributed by atoms with Gasteiger partial charge in [-0.2, -0.15) is 13.2 Å². The largest absolute Gasteiger partial charge is 0.471 e. The van der Waals surface area contributed by atoms with Crippen molar-refractivity contribution in [2.75, 3.05) is 7.11 Å². The van der Waals surface area contributed by atoms with Crippen molar-refractivity contribution < 1.29 is 27.5 Å². The highest BCUT2D eigenvalue weighted by atomic mass is 19.4. The zero-order valence-corrected chi connectivity index (χ0v) is 10.0. The number of nitrogens with one attached hydrogen (secondary N) is 1. The number of rotatable bonds is 3. The van der Waals surface area contributed by atoms with Crippen molar-refractivity contribution in [3.8, 4) is 0 Å². The molecule has 0 saturated heterocycles. The van der Waals surface area contributed by atoms with Crippen LogP contribution in [0.5, 0.6) is 0 Å². The van der Waals surface area contributed by atoms with Crippen LogP contribution in [0.15, 0.2) is 0 Å². The van der Waals surface area contributed by atoms with E-state index in [4.69, 9.17) is 0 Å². The molecule has 0 atom stereocenters. The highest BCUT2D eigenvalue weighted by molar-refractivity contribution is 5.81. The molecule has 1 amide bonds. The van der Waals surface area contributed by atoms with Crippen molar-refractivity contribution in [3.63, 3.8) is 0 Å². The zero-order chi connectivity index (χ0) is 13.8. The van der Waals surface area contributed by atoms with Crippen LogP contribution in [0, 0.1) is 5.92 Å². The monoisotopic (exact) mass is 267 g/mol. The van der Waals surface area contributed by atoms with Gasteiger partial charge < -0.3 is 10.1 Å². The van der Waals surface area contributed by atoms with Gasteiger partial charge in [-0.15, -0.1) is 0 Å². The van der Waals surface area contributed by atoms with Crippen molar-refractivity contribution in [2.24, 2.45) is 5.92 Å². The lowest BCUT2D eigenvalue weighted by Crippen LogP contribution is -2.44. The van der Waals surface area contributed by atoms with Crippen molar-refractivity contribution >= 4 is 11.9 Å². The average molecular weight is 267 g/mol. The zero-order valence-electron chi connectivity index (χ0n) is 10.0. The standard InChI is InChI=1S/C11H16F3NO3/c1-18-9(16)6-7-2-4-8(5-3-7)15-10(17)11(12,13)14/h7-8H,2-6H2,1H3,(H,15,17). The Bertz CT molecular complexity index is 309. The summed E-state index contributed by atoms with van der Waals surface area (Å²) in [5.74, 6) is -2.06. The number of carbonyl (C=O) groups is 2. The normalized spacial score (nSPS) is 24.4. The Kier molecular flexibility index (Phi) is 4.98. The number of carbonyl (C=O) groups excluding carboxylic acids is 2. The van der Waals surface area contributed by atoms with Gasteiger partial charge in [0, 0.05) is 12.5 Å². The van der Waals surface area contributed by atoms with E-state index in [0.29, 0.717) is 25.7 Å². The minimum absolute atomic E-state index is 0.136. The van der Waals surface area contributed by atoms with Gasteiger partial charge in [0.1, 0.15) is 0 Å². The first kappa shape index (κ1) is 14.8. The number of esters is 1. The predicted octanol–water partition coefficient (Wildman–Crippen LogP) is 1.79. The molecule has 0 aromatic carbocycles. The molecule has 1 rings (SSSR count). The van der Waals surface area contributed by atoms with Gasteiger partial charge in [0.2, 0.25) is 0 Å². The molecule has 4 nitrogen and oxygen atoms in total. The molecule has 1 saturated carbocycles. The molecule has 1 aliphatic carbocycles. The molecule has 104 valence electrons. The number of alkyl halides is 3. The predicted molar refractivity (Wildman–Crippen MR) is 56.6 cm³/mol. The lowest BCUT2D eigenvalue weighted by atomic mass is 9.84. The summed E-state index contributed by atoms with van der Waals surface area (Å²) >= 11 is 0. The van der Waals surface area contributed by atoms with E-state index in [-0.39, 0.29) is 18.3 Å². The van der Waals surface area contributed by atoms with E-state index in [0.717, 1.165) is 0 Å². The Morgan fingerprint density at radius 3 is 2.22 bits per heavy atom. The summed E-state index contributed by atoms with van der Waals surface area (Å²) in [6.07, 6.45) is -2.37. The second-order valence-corrected chi connectivity index (χ2v) is 4.47. The number of ether oxygens (including phenoxy) is 1. The van der Waals surface area contributed by atoms with E-state index in [9.17, 15) is 22.8 Å². The molecule has 1 aliphatic rings. The van der Waals surface area contributed by atoms with E-state index in [1.807, 2.05) is 5.32 Å². The Morgan fingerprint density at radius 2 is 1.78 bits per heavy atom. The molecule has 1 fully saturated rings. The van der Waals surface area contributed by atoms with Crippen LogP contribution in [-0.4, -0.2) is 31.2 Å². The Hall–Kier alpha value is -1.27. The Morgan fingerprint density at radius 1 is 1.22 bits per heavy atom. The molecule has 0 unspecified atom stereocenters. The van der Waals surface area contributed by atoms with E-state index < -0.39 is 18.1 Å². The molecule has 18 heavy (non-hydrogen) atoms. The highest BCUT2D eigenvalue weighted by Gasteiger charge is 2.40. The van der Waals surface area contributed by atoms with Crippen molar-refractivity contribution in [2.45, 2.75) is 44.3 Å². The highest BCUT2D eigenvalue weighted by Crippen LogP contribution is 2.27. The van der Waals surface area contributed by atoms with Crippen LogP contribution in [0.2, 0.25) is 0 Å². The first-order valence-electron chi connectivity index (χ1n) is 5.77. The maximum Gasteiger partial charge on any atom is 0.471 e. The first-order chi connectivity index (χ1) is 8.32. The van der Waals surface area contributed by atoms with Gasteiger partial charge in [0.25, 0.3) is 0 Å². The molecular weight excluding hydrogens is 251 g/mol. The van der Waals surface area contributed by atoms with Crippen LogP contribution < -0.4 is 5.32 Å². The third kappa shape index (κ3) is 4.54. The summed E-state index contributed by atoms with van der Waals surface area (Å²) < 4.78 is 40.6. The SMILES string of the molecule is COC(=O)CC1CCC(NC(=O)C(F)(F)F)CC1. The number of methoxy groups -OCH3 is 1. The Labute approximate surface area is 103 Å². The molecule has 7 heteroatoms. The van der Waals surface area contributed by atoms with Crippen molar-refractivity contribution in [3.05, 3.63) is 0 Å². The minimum atomic E-state index is -4.83. The molecule has 0 aliphatic heterocycles. The molecular formula is C11H16F3NO3. The van der Waals surface area contributed by atoms with Gasteiger partial charge in [-0.1, -0.05) is 0 Å². The molecule has 0 radical (unpaired) electrons. The van der Waals surface area contributed by atoms with E-state index in [1.54, 1.807) is 0 Å². The smallest absolute Gasteiger partial charge is 0.469 e. The lowest BCUT2D eigenvalue weighted by molar-refractivity contribution is -0.174. The molecule has 0 aromatic heterocycles. The number of hydrogen-bond acceptors (Lipinski definition) is 3. The summed E-state index contributed by atoms with van der Waals surface area (Å²) in [6, 6.07) is -0.451. The molecule has 1 N–H and O–H groups in total. The Balaban J connectivity index is 2.32. The quantitative estimate of drug-likeness (QED) is 0.793. The van der Waals surface area contributed by atoms with E-state index in [2.05, 4.69) is 4.74 Å². The summed E-state index contributed by atoms with van der Waals surface area (Å²) in [7, 11) is 1.30. The summed E-state index contributed by atoms with van der Waals surface area (Å²) in [6.45, 7) is 0. The first-order valence-corrected chi connectivity index (χ1v) is 5.77. The second-order valence-electron chi connectivity index (χ2n) is 4.47. The van der Waals surface area contributed by atoms with Crippen LogP contribution in [0.4, 0.5) is 13.2 Å². The summed E-state index contributed by atoms with van der Waals surface area (Å²) in [5, 5.41) is 1.97. The van der Waals surface area contributed by atoms with Gasteiger partial charge in [0.15, 0.2) is 0 Å². The van der Waals surface area contributed by atoms with Gasteiger partial charge >= 0.3 is 18.1 Å². The third-order valence-corrected chi connectivity index (χ3v) is 3.12.